The van der Waals surface area contributed by atoms with Crippen LogP contribution in [0.25, 0.3) is 0 Å². The summed E-state index contributed by atoms with van der Waals surface area (Å²) < 4.78 is 7.29. The zero-order chi connectivity index (χ0) is 14.5. The summed E-state index contributed by atoms with van der Waals surface area (Å²) in [5.41, 5.74) is 2.60. The van der Waals surface area contributed by atoms with Crippen molar-refractivity contribution in [3.8, 4) is 0 Å². The molecule has 2 aromatic rings. The minimum Gasteiger partial charge on any atom is -0.383 e. The van der Waals surface area contributed by atoms with Crippen LogP contribution in [0.1, 0.15) is 34.0 Å². The van der Waals surface area contributed by atoms with E-state index in [1.54, 1.807) is 7.11 Å². The standard InChI is InChI=1S/C15H23N3OS/c1-11-7-15(13(3)20-11)12(2)18-10-17-9-14(18)8-16-5-6-19-4/h7,9-10,12,16H,5-6,8H2,1-4H3. The summed E-state index contributed by atoms with van der Waals surface area (Å²) >= 11 is 1.86. The van der Waals surface area contributed by atoms with Crippen molar-refractivity contribution in [3.05, 3.63) is 39.6 Å². The molecule has 0 aliphatic carbocycles. The number of aromatic nitrogens is 2. The highest BCUT2D eigenvalue weighted by molar-refractivity contribution is 7.12. The zero-order valence-electron chi connectivity index (χ0n) is 12.6. The molecule has 5 heteroatoms. The Morgan fingerprint density at radius 1 is 1.45 bits per heavy atom. The van der Waals surface area contributed by atoms with Crippen molar-refractivity contribution in [2.24, 2.45) is 0 Å². The number of hydrogen-bond acceptors (Lipinski definition) is 4. The number of thiophene rings is 1. The molecule has 110 valence electrons. The van der Waals surface area contributed by atoms with E-state index >= 15 is 0 Å². The quantitative estimate of drug-likeness (QED) is 0.798. The van der Waals surface area contributed by atoms with Crippen molar-refractivity contribution < 1.29 is 4.74 Å². The summed E-state index contributed by atoms with van der Waals surface area (Å²) in [4.78, 5) is 7.05. The van der Waals surface area contributed by atoms with Gasteiger partial charge < -0.3 is 14.6 Å². The molecule has 2 aromatic heterocycles. The lowest BCUT2D eigenvalue weighted by Crippen LogP contribution is -2.21. The summed E-state index contributed by atoms with van der Waals surface area (Å²) in [5, 5.41) is 3.37. The van der Waals surface area contributed by atoms with Crippen molar-refractivity contribution >= 4 is 11.3 Å². The Morgan fingerprint density at radius 2 is 2.25 bits per heavy atom. The maximum atomic E-state index is 5.04. The van der Waals surface area contributed by atoms with Gasteiger partial charge in [0.05, 0.1) is 24.7 Å². The highest BCUT2D eigenvalue weighted by Crippen LogP contribution is 2.29. The molecule has 0 bridgehead atoms. The monoisotopic (exact) mass is 293 g/mol. The maximum Gasteiger partial charge on any atom is 0.0954 e. The Labute approximate surface area is 124 Å². The van der Waals surface area contributed by atoms with Gasteiger partial charge in [0.25, 0.3) is 0 Å². The molecule has 0 amide bonds. The van der Waals surface area contributed by atoms with Crippen LogP contribution in [0.15, 0.2) is 18.6 Å². The highest BCUT2D eigenvalue weighted by atomic mass is 32.1. The van der Waals surface area contributed by atoms with E-state index < -0.39 is 0 Å². The smallest absolute Gasteiger partial charge is 0.0954 e. The van der Waals surface area contributed by atoms with Gasteiger partial charge in [-0.05, 0) is 32.4 Å². The maximum absolute atomic E-state index is 5.04. The van der Waals surface area contributed by atoms with Gasteiger partial charge in [-0.3, -0.25) is 0 Å². The van der Waals surface area contributed by atoms with Crippen LogP contribution >= 0.6 is 11.3 Å². The third-order valence-corrected chi connectivity index (χ3v) is 4.46. The predicted molar refractivity (Wildman–Crippen MR) is 83.4 cm³/mol. The summed E-state index contributed by atoms with van der Waals surface area (Å²) in [6, 6.07) is 2.61. The number of aryl methyl sites for hydroxylation is 2. The van der Waals surface area contributed by atoms with E-state index in [1.165, 1.54) is 21.0 Å². The van der Waals surface area contributed by atoms with Crippen molar-refractivity contribution in [3.63, 3.8) is 0 Å². The first-order chi connectivity index (χ1) is 9.63. The van der Waals surface area contributed by atoms with Gasteiger partial charge in [-0.2, -0.15) is 0 Å². The Bertz CT molecular complexity index is 547. The fourth-order valence-electron chi connectivity index (χ4n) is 2.42. The molecule has 0 fully saturated rings. The van der Waals surface area contributed by atoms with Gasteiger partial charge in [-0.1, -0.05) is 0 Å². The number of nitrogens with zero attached hydrogens (tertiary/aromatic N) is 2. The molecule has 4 nitrogen and oxygen atoms in total. The fraction of sp³-hybridized carbons (Fsp3) is 0.533. The van der Waals surface area contributed by atoms with Crippen LogP contribution in [0.2, 0.25) is 0 Å². The van der Waals surface area contributed by atoms with Crippen LogP contribution in [-0.4, -0.2) is 29.8 Å². The normalized spacial score (nSPS) is 12.8. The fourth-order valence-corrected chi connectivity index (χ4v) is 3.44. The van der Waals surface area contributed by atoms with Crippen LogP contribution in [-0.2, 0) is 11.3 Å². The van der Waals surface area contributed by atoms with Gasteiger partial charge in [-0.15, -0.1) is 11.3 Å². The average molecular weight is 293 g/mol. The van der Waals surface area contributed by atoms with E-state index in [0.29, 0.717) is 6.04 Å². The number of nitrogens with one attached hydrogen (secondary N) is 1. The van der Waals surface area contributed by atoms with Crippen molar-refractivity contribution in [1.29, 1.82) is 0 Å². The lowest BCUT2D eigenvalue weighted by Gasteiger charge is -2.17. The van der Waals surface area contributed by atoms with E-state index in [2.05, 4.69) is 41.7 Å². The molecule has 1 unspecified atom stereocenters. The average Bonchev–Trinajstić information content (AvgIpc) is 3.00. The van der Waals surface area contributed by atoms with Gasteiger partial charge in [0.15, 0.2) is 0 Å². The molecule has 0 aliphatic heterocycles. The Hall–Kier alpha value is -1.17. The molecule has 0 spiro atoms. The van der Waals surface area contributed by atoms with Crippen LogP contribution in [0.4, 0.5) is 0 Å². The van der Waals surface area contributed by atoms with Crippen molar-refractivity contribution in [2.45, 2.75) is 33.4 Å². The Kier molecular flexibility index (Phi) is 5.34. The molecule has 2 rings (SSSR count). The largest absolute Gasteiger partial charge is 0.383 e. The van der Waals surface area contributed by atoms with E-state index in [4.69, 9.17) is 4.74 Å². The molecule has 1 atom stereocenters. The number of imidazole rings is 1. The summed E-state index contributed by atoms with van der Waals surface area (Å²) in [6.45, 7) is 8.98. The minimum absolute atomic E-state index is 0.321. The van der Waals surface area contributed by atoms with Gasteiger partial charge in [-0.25, -0.2) is 4.98 Å². The van der Waals surface area contributed by atoms with E-state index in [9.17, 15) is 0 Å². The SMILES string of the molecule is COCCNCc1cncn1C(C)c1cc(C)sc1C. The molecule has 2 heterocycles. The zero-order valence-corrected chi connectivity index (χ0v) is 13.5. The molecule has 0 saturated carbocycles. The van der Waals surface area contributed by atoms with E-state index in [-0.39, 0.29) is 0 Å². The molecule has 1 N–H and O–H groups in total. The lowest BCUT2D eigenvalue weighted by atomic mass is 10.1. The van der Waals surface area contributed by atoms with E-state index in [0.717, 1.165) is 19.7 Å². The third kappa shape index (κ3) is 3.48. The number of ether oxygens (including phenoxy) is 1. The summed E-state index contributed by atoms with van der Waals surface area (Å²) in [6.07, 6.45) is 3.86. The van der Waals surface area contributed by atoms with Crippen LogP contribution in [0.5, 0.6) is 0 Å². The Morgan fingerprint density at radius 3 is 2.90 bits per heavy atom. The molecular weight excluding hydrogens is 270 g/mol. The van der Waals surface area contributed by atoms with E-state index in [1.807, 2.05) is 23.9 Å². The molecule has 0 aromatic carbocycles. The first-order valence-electron chi connectivity index (χ1n) is 6.90. The number of methoxy groups -OCH3 is 1. The van der Waals surface area contributed by atoms with Gasteiger partial charge in [0.1, 0.15) is 0 Å². The van der Waals surface area contributed by atoms with Gasteiger partial charge in [0, 0.05) is 36.2 Å². The topological polar surface area (TPSA) is 39.1 Å². The molecule has 0 radical (unpaired) electrons. The third-order valence-electron chi connectivity index (χ3n) is 3.48. The summed E-state index contributed by atoms with van der Waals surface area (Å²) in [7, 11) is 1.72. The molecule has 0 saturated heterocycles. The second-order valence-corrected chi connectivity index (χ2v) is 6.47. The second-order valence-electron chi connectivity index (χ2n) is 5.01. The van der Waals surface area contributed by atoms with Crippen molar-refractivity contribution in [2.75, 3.05) is 20.3 Å². The lowest BCUT2D eigenvalue weighted by molar-refractivity contribution is 0.199. The van der Waals surface area contributed by atoms with Crippen LogP contribution in [0, 0.1) is 13.8 Å². The molecule has 0 aliphatic rings. The van der Waals surface area contributed by atoms with Crippen LogP contribution < -0.4 is 5.32 Å². The summed E-state index contributed by atoms with van der Waals surface area (Å²) in [5.74, 6) is 0. The first kappa shape index (κ1) is 15.2. The Balaban J connectivity index is 2.09. The molecular formula is C15H23N3OS. The first-order valence-corrected chi connectivity index (χ1v) is 7.72. The number of rotatable bonds is 7. The van der Waals surface area contributed by atoms with Crippen LogP contribution in [0.3, 0.4) is 0 Å². The van der Waals surface area contributed by atoms with Gasteiger partial charge >= 0.3 is 0 Å². The minimum atomic E-state index is 0.321. The molecule has 20 heavy (non-hydrogen) atoms. The van der Waals surface area contributed by atoms with Gasteiger partial charge in [0.2, 0.25) is 0 Å². The van der Waals surface area contributed by atoms with Crippen molar-refractivity contribution in [1.82, 2.24) is 14.9 Å². The highest BCUT2D eigenvalue weighted by Gasteiger charge is 2.15. The predicted octanol–water partition coefficient (Wildman–Crippen LogP) is 2.91. The number of hydrogen-bond donors (Lipinski definition) is 1. The second kappa shape index (κ2) is 7.02.